The van der Waals surface area contributed by atoms with Gasteiger partial charge in [-0.3, -0.25) is 0 Å². The van der Waals surface area contributed by atoms with Gasteiger partial charge < -0.3 is 10.8 Å². The van der Waals surface area contributed by atoms with Crippen LogP contribution in [0.2, 0.25) is 0 Å². The minimum Gasteiger partial charge on any atom is -0.390 e. The molecule has 15 heavy (non-hydrogen) atoms. The summed E-state index contributed by atoms with van der Waals surface area (Å²) < 4.78 is 0. The van der Waals surface area contributed by atoms with Gasteiger partial charge in [0.05, 0.1) is 5.60 Å². The van der Waals surface area contributed by atoms with Crippen molar-refractivity contribution in [3.8, 4) is 0 Å². The molecule has 2 fully saturated rings. The third-order valence-corrected chi connectivity index (χ3v) is 4.41. The van der Waals surface area contributed by atoms with Crippen LogP contribution in [0.25, 0.3) is 0 Å². The van der Waals surface area contributed by atoms with Gasteiger partial charge in [-0.2, -0.15) is 0 Å². The lowest BCUT2D eigenvalue weighted by molar-refractivity contribution is -0.0909. The van der Waals surface area contributed by atoms with Crippen molar-refractivity contribution in [2.75, 3.05) is 6.54 Å². The first-order valence-electron chi connectivity index (χ1n) is 6.58. The third-order valence-electron chi connectivity index (χ3n) is 4.41. The first-order chi connectivity index (χ1) is 7.16. The van der Waals surface area contributed by atoms with Crippen LogP contribution < -0.4 is 5.73 Å². The molecule has 0 amide bonds. The number of hydrogen-bond acceptors (Lipinski definition) is 2. The van der Waals surface area contributed by atoms with E-state index in [1.54, 1.807) is 0 Å². The van der Waals surface area contributed by atoms with Crippen LogP contribution in [-0.2, 0) is 0 Å². The highest BCUT2D eigenvalue weighted by atomic mass is 16.3. The van der Waals surface area contributed by atoms with E-state index in [2.05, 4.69) is 0 Å². The maximum Gasteiger partial charge on any atom is 0.0690 e. The van der Waals surface area contributed by atoms with Gasteiger partial charge in [-0.05, 0) is 50.5 Å². The van der Waals surface area contributed by atoms with Gasteiger partial charge >= 0.3 is 0 Å². The fourth-order valence-electron chi connectivity index (χ4n) is 3.52. The number of hydrogen-bond donors (Lipinski definition) is 2. The monoisotopic (exact) mass is 213 g/mol. The molecule has 0 saturated heterocycles. The summed E-state index contributed by atoms with van der Waals surface area (Å²) >= 11 is 0. The molecule has 0 aromatic rings. The Bertz CT molecular complexity index is 191. The van der Waals surface area contributed by atoms with Crippen LogP contribution in [0.1, 0.15) is 52.9 Å². The molecule has 0 spiro atoms. The Morgan fingerprint density at radius 1 is 1.20 bits per heavy atom. The SMILES string of the molecule is CC.CC1(O)C(CN)CCC2CCCC21. The smallest absolute Gasteiger partial charge is 0.0690 e. The summed E-state index contributed by atoms with van der Waals surface area (Å²) in [7, 11) is 0. The number of nitrogens with two attached hydrogens (primary N) is 1. The first kappa shape index (κ1) is 13.0. The molecule has 0 aliphatic heterocycles. The second-order valence-corrected chi connectivity index (χ2v) is 5.03. The molecule has 3 N–H and O–H groups in total. The summed E-state index contributed by atoms with van der Waals surface area (Å²) in [6.07, 6.45) is 6.28. The molecule has 0 aromatic heterocycles. The Balaban J connectivity index is 0.000000531. The van der Waals surface area contributed by atoms with Gasteiger partial charge in [-0.25, -0.2) is 0 Å². The number of aliphatic hydroxyl groups is 1. The molecule has 4 unspecified atom stereocenters. The maximum absolute atomic E-state index is 10.4. The molecule has 0 heterocycles. The van der Waals surface area contributed by atoms with E-state index in [-0.39, 0.29) is 0 Å². The summed E-state index contributed by atoms with van der Waals surface area (Å²) in [5, 5.41) is 10.4. The van der Waals surface area contributed by atoms with E-state index in [0.29, 0.717) is 18.4 Å². The van der Waals surface area contributed by atoms with Gasteiger partial charge in [0, 0.05) is 0 Å². The fourth-order valence-corrected chi connectivity index (χ4v) is 3.52. The second kappa shape index (κ2) is 5.31. The van der Waals surface area contributed by atoms with Crippen molar-refractivity contribution >= 4 is 0 Å². The molecule has 2 heteroatoms. The maximum atomic E-state index is 10.4. The lowest BCUT2D eigenvalue weighted by Crippen LogP contribution is -2.50. The van der Waals surface area contributed by atoms with Crippen LogP contribution in [0.4, 0.5) is 0 Å². The Kier molecular flexibility index (Phi) is 4.60. The lowest BCUT2D eigenvalue weighted by Gasteiger charge is -2.45. The van der Waals surface area contributed by atoms with Crippen LogP contribution in [0.3, 0.4) is 0 Å². The van der Waals surface area contributed by atoms with Gasteiger partial charge in [0.15, 0.2) is 0 Å². The molecular weight excluding hydrogens is 186 g/mol. The zero-order valence-electron chi connectivity index (χ0n) is 10.5. The molecule has 4 atom stereocenters. The summed E-state index contributed by atoms with van der Waals surface area (Å²) in [6, 6.07) is 0. The first-order valence-corrected chi connectivity index (χ1v) is 6.58. The average molecular weight is 213 g/mol. The Morgan fingerprint density at radius 2 is 1.87 bits per heavy atom. The zero-order valence-corrected chi connectivity index (χ0v) is 10.5. The fraction of sp³-hybridized carbons (Fsp3) is 1.00. The summed E-state index contributed by atoms with van der Waals surface area (Å²) in [5.74, 6) is 1.67. The molecular formula is C13H27NO. The summed E-state index contributed by atoms with van der Waals surface area (Å²) in [4.78, 5) is 0. The summed E-state index contributed by atoms with van der Waals surface area (Å²) in [6.45, 7) is 6.66. The highest BCUT2D eigenvalue weighted by Gasteiger charge is 2.48. The second-order valence-electron chi connectivity index (χ2n) is 5.03. The van der Waals surface area contributed by atoms with Crippen molar-refractivity contribution in [1.82, 2.24) is 0 Å². The van der Waals surface area contributed by atoms with Crippen LogP contribution in [0, 0.1) is 17.8 Å². The molecule has 2 rings (SSSR count). The van der Waals surface area contributed by atoms with Crippen LogP contribution in [-0.4, -0.2) is 17.3 Å². The van der Waals surface area contributed by atoms with E-state index in [4.69, 9.17) is 5.73 Å². The van der Waals surface area contributed by atoms with Crippen LogP contribution in [0.15, 0.2) is 0 Å². The molecule has 2 aliphatic rings. The van der Waals surface area contributed by atoms with E-state index < -0.39 is 5.60 Å². The van der Waals surface area contributed by atoms with Crippen LogP contribution in [0.5, 0.6) is 0 Å². The van der Waals surface area contributed by atoms with Crippen molar-refractivity contribution in [3.05, 3.63) is 0 Å². The molecule has 2 nitrogen and oxygen atoms in total. The molecule has 90 valence electrons. The van der Waals surface area contributed by atoms with Crippen molar-refractivity contribution in [3.63, 3.8) is 0 Å². The number of fused-ring (bicyclic) bond motifs is 1. The van der Waals surface area contributed by atoms with Gasteiger partial charge in [0.1, 0.15) is 0 Å². The molecule has 2 aliphatic carbocycles. The minimum atomic E-state index is -0.478. The normalized spacial score (nSPS) is 44.2. The van der Waals surface area contributed by atoms with E-state index in [9.17, 15) is 5.11 Å². The van der Waals surface area contributed by atoms with Crippen molar-refractivity contribution < 1.29 is 5.11 Å². The quantitative estimate of drug-likeness (QED) is 0.703. The molecule has 0 bridgehead atoms. The highest BCUT2D eigenvalue weighted by molar-refractivity contribution is 4.99. The zero-order chi connectivity index (χ0) is 11.5. The molecule has 0 aromatic carbocycles. The third kappa shape index (κ3) is 2.36. The molecule has 0 radical (unpaired) electrons. The van der Waals surface area contributed by atoms with Crippen molar-refractivity contribution in [1.29, 1.82) is 0 Å². The summed E-state index contributed by atoms with van der Waals surface area (Å²) in [5.41, 5.74) is 5.22. The Labute approximate surface area is 94.2 Å². The van der Waals surface area contributed by atoms with Gasteiger partial charge in [0.25, 0.3) is 0 Å². The van der Waals surface area contributed by atoms with E-state index in [1.165, 1.54) is 25.7 Å². The van der Waals surface area contributed by atoms with Gasteiger partial charge in [0.2, 0.25) is 0 Å². The lowest BCUT2D eigenvalue weighted by atomic mass is 9.65. The van der Waals surface area contributed by atoms with Gasteiger partial charge in [-0.15, -0.1) is 0 Å². The van der Waals surface area contributed by atoms with E-state index in [1.807, 2.05) is 20.8 Å². The molecule has 2 saturated carbocycles. The minimum absolute atomic E-state index is 0.340. The highest BCUT2D eigenvalue weighted by Crippen LogP contribution is 2.49. The van der Waals surface area contributed by atoms with Crippen molar-refractivity contribution in [2.24, 2.45) is 23.5 Å². The number of rotatable bonds is 1. The Hall–Kier alpha value is -0.0800. The van der Waals surface area contributed by atoms with Crippen LogP contribution >= 0.6 is 0 Å². The van der Waals surface area contributed by atoms with E-state index in [0.717, 1.165) is 12.3 Å². The topological polar surface area (TPSA) is 46.2 Å². The largest absolute Gasteiger partial charge is 0.390 e. The predicted octanol–water partition coefficient (Wildman–Crippen LogP) is 2.55. The average Bonchev–Trinajstić information content (AvgIpc) is 2.70. The standard InChI is InChI=1S/C11H21NO.C2H6/c1-11(13)9(7-12)6-5-8-3-2-4-10(8)11;1-2/h8-10,13H,2-7,12H2,1H3;1-2H3. The predicted molar refractivity (Wildman–Crippen MR) is 64.6 cm³/mol. The van der Waals surface area contributed by atoms with Gasteiger partial charge in [-0.1, -0.05) is 26.7 Å². The van der Waals surface area contributed by atoms with Crippen molar-refractivity contribution in [2.45, 2.75) is 58.5 Å². The Morgan fingerprint density at radius 3 is 2.47 bits per heavy atom. The van der Waals surface area contributed by atoms with E-state index >= 15 is 0 Å².